The summed E-state index contributed by atoms with van der Waals surface area (Å²) >= 11 is 0. The quantitative estimate of drug-likeness (QED) is 0.772. The van der Waals surface area contributed by atoms with E-state index in [0.717, 1.165) is 11.3 Å². The fourth-order valence-electron chi connectivity index (χ4n) is 2.52. The third-order valence-electron chi connectivity index (χ3n) is 3.88. The number of benzene rings is 2. The van der Waals surface area contributed by atoms with E-state index >= 15 is 0 Å². The predicted octanol–water partition coefficient (Wildman–Crippen LogP) is 2.23. The van der Waals surface area contributed by atoms with Gasteiger partial charge in [-0.3, -0.25) is 9.69 Å². The van der Waals surface area contributed by atoms with Crippen LogP contribution in [0, 0.1) is 6.92 Å². The molecule has 1 amide bonds. The van der Waals surface area contributed by atoms with E-state index in [9.17, 15) is 9.90 Å². The number of rotatable bonds is 8. The zero-order valence-electron chi connectivity index (χ0n) is 15.0. The van der Waals surface area contributed by atoms with Crippen molar-refractivity contribution in [3.05, 3.63) is 65.2 Å². The second-order valence-corrected chi connectivity index (χ2v) is 6.25. The molecule has 0 aliphatic heterocycles. The second-order valence-electron chi connectivity index (χ2n) is 6.25. The molecule has 2 aromatic carbocycles. The van der Waals surface area contributed by atoms with Gasteiger partial charge in [-0.25, -0.2) is 0 Å². The molecule has 0 bridgehead atoms. The highest BCUT2D eigenvalue weighted by Gasteiger charge is 2.10. The van der Waals surface area contributed by atoms with Crippen LogP contribution < -0.4 is 10.1 Å². The summed E-state index contributed by atoms with van der Waals surface area (Å²) in [5.74, 6) is 0.667. The van der Waals surface area contributed by atoms with Crippen LogP contribution in [0.25, 0.3) is 0 Å². The van der Waals surface area contributed by atoms with Gasteiger partial charge in [-0.1, -0.05) is 29.8 Å². The van der Waals surface area contributed by atoms with E-state index in [1.54, 1.807) is 19.2 Å². The van der Waals surface area contributed by atoms with Crippen molar-refractivity contribution in [2.24, 2.45) is 0 Å². The highest BCUT2D eigenvalue weighted by molar-refractivity contribution is 5.93. The summed E-state index contributed by atoms with van der Waals surface area (Å²) in [5.41, 5.74) is 2.90. The van der Waals surface area contributed by atoms with Crippen LogP contribution in [0.4, 0.5) is 0 Å². The molecule has 2 rings (SSSR count). The molecule has 5 nitrogen and oxygen atoms in total. The Bertz CT molecular complexity index is 668. The molecule has 0 aromatic heterocycles. The molecule has 134 valence electrons. The second kappa shape index (κ2) is 9.20. The Labute approximate surface area is 149 Å². The average Bonchev–Trinajstić information content (AvgIpc) is 2.61. The molecule has 1 unspecified atom stereocenters. The third kappa shape index (κ3) is 6.21. The zero-order chi connectivity index (χ0) is 18.2. The maximum Gasteiger partial charge on any atom is 0.251 e. The number of hydrogen-bond acceptors (Lipinski definition) is 4. The number of amides is 1. The lowest BCUT2D eigenvalue weighted by atomic mass is 10.1. The molecule has 0 heterocycles. The predicted molar refractivity (Wildman–Crippen MR) is 98.8 cm³/mol. The van der Waals surface area contributed by atoms with Gasteiger partial charge in [0.2, 0.25) is 0 Å². The first-order valence-corrected chi connectivity index (χ1v) is 8.35. The van der Waals surface area contributed by atoms with Gasteiger partial charge >= 0.3 is 0 Å². The van der Waals surface area contributed by atoms with Crippen molar-refractivity contribution in [3.8, 4) is 5.75 Å². The molecule has 0 radical (unpaired) electrons. The summed E-state index contributed by atoms with van der Waals surface area (Å²) in [6.45, 7) is 3.47. The molecule has 25 heavy (non-hydrogen) atoms. The topological polar surface area (TPSA) is 61.8 Å². The third-order valence-corrected chi connectivity index (χ3v) is 3.88. The molecule has 0 aliphatic carbocycles. The number of carbonyl (C=O) groups excluding carboxylic acids is 1. The molecular weight excluding hydrogens is 316 g/mol. The van der Waals surface area contributed by atoms with E-state index in [-0.39, 0.29) is 12.5 Å². The number of aryl methyl sites for hydroxylation is 1. The van der Waals surface area contributed by atoms with Crippen molar-refractivity contribution in [1.29, 1.82) is 0 Å². The van der Waals surface area contributed by atoms with E-state index in [1.807, 2.05) is 55.3 Å². The zero-order valence-corrected chi connectivity index (χ0v) is 15.0. The Morgan fingerprint density at radius 3 is 2.40 bits per heavy atom. The van der Waals surface area contributed by atoms with Crippen molar-refractivity contribution < 1.29 is 14.6 Å². The Morgan fingerprint density at radius 1 is 1.16 bits per heavy atom. The summed E-state index contributed by atoms with van der Waals surface area (Å²) in [6.07, 6.45) is -0.573. The molecule has 5 heteroatoms. The largest absolute Gasteiger partial charge is 0.491 e. The fourth-order valence-corrected chi connectivity index (χ4v) is 2.52. The first-order chi connectivity index (χ1) is 12.0. The summed E-state index contributed by atoms with van der Waals surface area (Å²) in [5, 5.41) is 12.7. The van der Waals surface area contributed by atoms with Crippen LogP contribution in [0.3, 0.4) is 0 Å². The summed E-state index contributed by atoms with van der Waals surface area (Å²) in [6, 6.07) is 15.2. The van der Waals surface area contributed by atoms with Gasteiger partial charge in [0.15, 0.2) is 0 Å². The van der Waals surface area contributed by atoms with Gasteiger partial charge in [-0.05, 0) is 43.8 Å². The number of likely N-dealkylation sites (N-methyl/N-ethyl adjacent to an activating group) is 1. The van der Waals surface area contributed by atoms with E-state index < -0.39 is 6.10 Å². The van der Waals surface area contributed by atoms with Gasteiger partial charge in [-0.15, -0.1) is 0 Å². The Balaban J connectivity index is 1.77. The number of hydrogen-bond donors (Lipinski definition) is 2. The van der Waals surface area contributed by atoms with Crippen LogP contribution in [0.1, 0.15) is 21.5 Å². The molecule has 0 saturated heterocycles. The molecule has 2 N–H and O–H groups in total. The molecule has 0 fully saturated rings. The lowest BCUT2D eigenvalue weighted by Gasteiger charge is -2.21. The van der Waals surface area contributed by atoms with Crippen molar-refractivity contribution in [1.82, 2.24) is 10.2 Å². The van der Waals surface area contributed by atoms with Crippen molar-refractivity contribution in [2.75, 3.05) is 27.2 Å². The lowest BCUT2D eigenvalue weighted by Crippen LogP contribution is -2.32. The van der Waals surface area contributed by atoms with Crippen LogP contribution in [-0.2, 0) is 6.54 Å². The van der Waals surface area contributed by atoms with Gasteiger partial charge in [-0.2, -0.15) is 0 Å². The number of ether oxygens (including phenoxy) is 1. The van der Waals surface area contributed by atoms with Gasteiger partial charge in [0, 0.05) is 25.7 Å². The van der Waals surface area contributed by atoms with E-state index in [0.29, 0.717) is 18.7 Å². The number of aliphatic hydroxyl groups is 1. The Morgan fingerprint density at radius 2 is 1.80 bits per heavy atom. The minimum atomic E-state index is -0.573. The smallest absolute Gasteiger partial charge is 0.251 e. The SMILES string of the molecule is CNC(=O)c1ccc(CN(C)CC(O)COc2ccc(C)cc2)cc1. The number of aliphatic hydroxyl groups excluding tert-OH is 1. The summed E-state index contributed by atoms with van der Waals surface area (Å²) in [4.78, 5) is 13.6. The molecular formula is C20H26N2O3. The van der Waals surface area contributed by atoms with E-state index in [2.05, 4.69) is 5.32 Å². The monoisotopic (exact) mass is 342 g/mol. The minimum Gasteiger partial charge on any atom is -0.491 e. The van der Waals surface area contributed by atoms with Crippen molar-refractivity contribution in [2.45, 2.75) is 19.6 Å². The fraction of sp³-hybridized carbons (Fsp3) is 0.350. The van der Waals surface area contributed by atoms with Gasteiger partial charge in [0.25, 0.3) is 5.91 Å². The van der Waals surface area contributed by atoms with Crippen LogP contribution in [0.5, 0.6) is 5.75 Å². The molecule has 0 saturated carbocycles. The molecule has 0 spiro atoms. The minimum absolute atomic E-state index is 0.0939. The first-order valence-electron chi connectivity index (χ1n) is 8.35. The van der Waals surface area contributed by atoms with Gasteiger partial charge in [0.05, 0.1) is 0 Å². The van der Waals surface area contributed by atoms with Gasteiger partial charge < -0.3 is 15.2 Å². The van der Waals surface area contributed by atoms with Crippen LogP contribution in [0.2, 0.25) is 0 Å². The summed E-state index contributed by atoms with van der Waals surface area (Å²) < 4.78 is 5.61. The van der Waals surface area contributed by atoms with E-state index in [1.165, 1.54) is 5.56 Å². The average molecular weight is 342 g/mol. The number of nitrogens with one attached hydrogen (secondary N) is 1. The van der Waals surface area contributed by atoms with Crippen LogP contribution >= 0.6 is 0 Å². The lowest BCUT2D eigenvalue weighted by molar-refractivity contribution is 0.0744. The molecule has 1 atom stereocenters. The first kappa shape index (κ1) is 19.0. The highest BCUT2D eigenvalue weighted by Crippen LogP contribution is 2.12. The summed E-state index contributed by atoms with van der Waals surface area (Å²) in [7, 11) is 3.56. The van der Waals surface area contributed by atoms with E-state index in [4.69, 9.17) is 4.74 Å². The standard InChI is InChI=1S/C20H26N2O3/c1-15-4-10-19(11-5-15)25-14-18(23)13-22(3)12-16-6-8-17(9-7-16)20(24)21-2/h4-11,18,23H,12-14H2,1-3H3,(H,21,24). The molecule has 2 aromatic rings. The Kier molecular flexibility index (Phi) is 6.98. The van der Waals surface area contributed by atoms with Crippen LogP contribution in [-0.4, -0.2) is 49.3 Å². The number of nitrogens with zero attached hydrogens (tertiary/aromatic N) is 1. The van der Waals surface area contributed by atoms with Crippen molar-refractivity contribution in [3.63, 3.8) is 0 Å². The maximum atomic E-state index is 11.5. The van der Waals surface area contributed by atoms with Crippen LogP contribution in [0.15, 0.2) is 48.5 Å². The highest BCUT2D eigenvalue weighted by atomic mass is 16.5. The van der Waals surface area contributed by atoms with Gasteiger partial charge in [0.1, 0.15) is 18.5 Å². The Hall–Kier alpha value is -2.37. The molecule has 0 aliphatic rings. The number of carbonyl (C=O) groups is 1. The van der Waals surface area contributed by atoms with Crippen molar-refractivity contribution >= 4 is 5.91 Å². The normalized spacial score (nSPS) is 12.0. The maximum absolute atomic E-state index is 11.5.